The highest BCUT2D eigenvalue weighted by Crippen LogP contribution is 2.22. The summed E-state index contributed by atoms with van der Waals surface area (Å²) in [7, 11) is 1.61. The Kier molecular flexibility index (Phi) is 5.57. The molecule has 3 aromatic rings. The molecule has 1 saturated heterocycles. The van der Waals surface area contributed by atoms with Crippen molar-refractivity contribution in [2.24, 2.45) is 0 Å². The zero-order valence-corrected chi connectivity index (χ0v) is 16.2. The molecule has 1 fully saturated rings. The van der Waals surface area contributed by atoms with Crippen molar-refractivity contribution in [3.63, 3.8) is 0 Å². The third kappa shape index (κ3) is 4.40. The van der Waals surface area contributed by atoms with Gasteiger partial charge in [0.25, 0.3) is 0 Å². The van der Waals surface area contributed by atoms with E-state index >= 15 is 0 Å². The number of rotatable bonds is 7. The van der Waals surface area contributed by atoms with E-state index in [0.717, 1.165) is 50.0 Å². The van der Waals surface area contributed by atoms with Crippen LogP contribution in [-0.2, 0) is 17.8 Å². The van der Waals surface area contributed by atoms with Crippen LogP contribution in [0.5, 0.6) is 5.75 Å². The summed E-state index contributed by atoms with van der Waals surface area (Å²) in [5.41, 5.74) is 1.26. The molecule has 0 radical (unpaired) electrons. The molecule has 2 atom stereocenters. The smallest absolute Gasteiger partial charge is 0.336 e. The first-order chi connectivity index (χ1) is 13.2. The molecule has 6 heteroatoms. The number of hydrogen-bond donors (Lipinski definition) is 1. The summed E-state index contributed by atoms with van der Waals surface area (Å²) >= 11 is 1.77. The lowest BCUT2D eigenvalue weighted by molar-refractivity contribution is -0.930. The van der Waals surface area contributed by atoms with Crippen LogP contribution in [0.4, 0.5) is 0 Å². The van der Waals surface area contributed by atoms with Gasteiger partial charge in [0.15, 0.2) is 0 Å². The number of hydrogen-bond acceptors (Lipinski definition) is 5. The van der Waals surface area contributed by atoms with E-state index in [9.17, 15) is 4.79 Å². The normalized spacial score (nSPS) is 18.0. The minimum Gasteiger partial charge on any atom is -0.497 e. The lowest BCUT2D eigenvalue weighted by Crippen LogP contribution is -3.10. The Hall–Kier alpha value is -2.15. The van der Waals surface area contributed by atoms with E-state index in [0.29, 0.717) is 17.4 Å². The number of methoxy groups -OCH3 is 1. The summed E-state index contributed by atoms with van der Waals surface area (Å²) < 4.78 is 16.5. The van der Waals surface area contributed by atoms with Gasteiger partial charge in [0.2, 0.25) is 0 Å². The Balaban J connectivity index is 1.63. The highest BCUT2D eigenvalue weighted by atomic mass is 32.1. The summed E-state index contributed by atoms with van der Waals surface area (Å²) in [6.07, 6.45) is 2.55. The van der Waals surface area contributed by atoms with E-state index in [1.54, 1.807) is 30.6 Å². The molecular formula is C21H24NO4S+. The van der Waals surface area contributed by atoms with Crippen LogP contribution in [0.2, 0.25) is 0 Å². The minimum atomic E-state index is -0.321. The van der Waals surface area contributed by atoms with Gasteiger partial charge < -0.3 is 18.8 Å². The molecule has 1 N–H and O–H groups in total. The van der Waals surface area contributed by atoms with Gasteiger partial charge in [-0.05, 0) is 36.4 Å². The van der Waals surface area contributed by atoms with Crippen LogP contribution in [0.3, 0.4) is 0 Å². The van der Waals surface area contributed by atoms with Crippen LogP contribution in [0.1, 0.15) is 23.3 Å². The van der Waals surface area contributed by atoms with Crippen molar-refractivity contribution in [2.75, 3.05) is 20.3 Å². The van der Waals surface area contributed by atoms with Crippen LogP contribution >= 0.6 is 11.3 Å². The molecule has 27 heavy (non-hydrogen) atoms. The third-order valence-electron chi connectivity index (χ3n) is 5.02. The Bertz CT molecular complexity index is 944. The van der Waals surface area contributed by atoms with Crippen LogP contribution < -0.4 is 15.3 Å². The number of fused-ring (bicyclic) bond motifs is 1. The molecule has 0 spiro atoms. The zero-order chi connectivity index (χ0) is 18.6. The van der Waals surface area contributed by atoms with Gasteiger partial charge in [-0.3, -0.25) is 0 Å². The lowest BCUT2D eigenvalue weighted by Gasteiger charge is -2.22. The SMILES string of the molecule is COc1ccc2c(C[NH+](Cc3cccs3)C[C@H]3CCCO3)cc(=O)oc2c1. The fourth-order valence-corrected chi connectivity index (χ4v) is 4.52. The van der Waals surface area contributed by atoms with Crippen LogP contribution in [0.15, 0.2) is 51.0 Å². The van der Waals surface area contributed by atoms with Gasteiger partial charge in [-0.25, -0.2) is 4.79 Å². The van der Waals surface area contributed by atoms with E-state index in [1.807, 2.05) is 12.1 Å². The zero-order valence-electron chi connectivity index (χ0n) is 15.4. The largest absolute Gasteiger partial charge is 0.497 e. The molecule has 1 aliphatic heterocycles. The van der Waals surface area contributed by atoms with Gasteiger partial charge in [-0.1, -0.05) is 6.07 Å². The Morgan fingerprint density at radius 1 is 1.26 bits per heavy atom. The van der Waals surface area contributed by atoms with Crippen LogP contribution in [0.25, 0.3) is 11.0 Å². The maximum absolute atomic E-state index is 12.1. The monoisotopic (exact) mass is 386 g/mol. The van der Waals surface area contributed by atoms with Crippen molar-refractivity contribution in [1.29, 1.82) is 0 Å². The highest BCUT2D eigenvalue weighted by molar-refractivity contribution is 7.09. The molecule has 3 heterocycles. The fourth-order valence-electron chi connectivity index (χ4n) is 3.75. The molecule has 0 aliphatic carbocycles. The van der Waals surface area contributed by atoms with Crippen molar-refractivity contribution < 1.29 is 18.8 Å². The quantitative estimate of drug-likeness (QED) is 0.635. The van der Waals surface area contributed by atoms with E-state index in [1.165, 1.54) is 9.78 Å². The Labute approximate surface area is 162 Å². The van der Waals surface area contributed by atoms with Crippen molar-refractivity contribution >= 4 is 22.3 Å². The van der Waals surface area contributed by atoms with E-state index in [2.05, 4.69) is 17.5 Å². The molecule has 4 rings (SSSR count). The second-order valence-corrected chi connectivity index (χ2v) is 8.01. The molecule has 1 aromatic carbocycles. The van der Waals surface area contributed by atoms with Crippen molar-refractivity contribution in [3.8, 4) is 5.75 Å². The third-order valence-corrected chi connectivity index (χ3v) is 5.90. The summed E-state index contributed by atoms with van der Waals surface area (Å²) in [4.78, 5) is 14.8. The molecule has 1 unspecified atom stereocenters. The lowest BCUT2D eigenvalue weighted by atomic mass is 10.1. The average Bonchev–Trinajstić information content (AvgIpc) is 3.35. The number of thiophene rings is 1. The molecular weight excluding hydrogens is 362 g/mol. The molecule has 5 nitrogen and oxygen atoms in total. The number of nitrogens with one attached hydrogen (secondary N) is 1. The Morgan fingerprint density at radius 2 is 2.19 bits per heavy atom. The Morgan fingerprint density at radius 3 is 2.93 bits per heavy atom. The van der Waals surface area contributed by atoms with Gasteiger partial charge in [0.1, 0.15) is 37.1 Å². The second-order valence-electron chi connectivity index (χ2n) is 6.97. The van der Waals surface area contributed by atoms with Gasteiger partial charge in [-0.2, -0.15) is 0 Å². The molecule has 2 aromatic heterocycles. The fraction of sp³-hybridized carbons (Fsp3) is 0.381. The second kappa shape index (κ2) is 8.25. The summed E-state index contributed by atoms with van der Waals surface area (Å²) in [6, 6.07) is 11.5. The van der Waals surface area contributed by atoms with Gasteiger partial charge in [0.05, 0.1) is 12.0 Å². The van der Waals surface area contributed by atoms with Gasteiger partial charge in [-0.15, -0.1) is 11.3 Å². The average molecular weight is 386 g/mol. The van der Waals surface area contributed by atoms with E-state index in [4.69, 9.17) is 13.9 Å². The van der Waals surface area contributed by atoms with Crippen molar-refractivity contribution in [1.82, 2.24) is 0 Å². The first-order valence-corrected chi connectivity index (χ1v) is 10.2. The first kappa shape index (κ1) is 18.2. The maximum atomic E-state index is 12.1. The number of ether oxygens (including phenoxy) is 2. The van der Waals surface area contributed by atoms with Crippen LogP contribution in [0, 0.1) is 0 Å². The number of quaternary nitrogens is 1. The van der Waals surface area contributed by atoms with Crippen molar-refractivity contribution in [2.45, 2.75) is 32.0 Å². The summed E-state index contributed by atoms with van der Waals surface area (Å²) in [6.45, 7) is 3.48. The maximum Gasteiger partial charge on any atom is 0.336 e. The highest BCUT2D eigenvalue weighted by Gasteiger charge is 2.23. The molecule has 0 amide bonds. The predicted molar refractivity (Wildman–Crippen MR) is 106 cm³/mol. The number of benzene rings is 1. The summed E-state index contributed by atoms with van der Waals surface area (Å²) in [5.74, 6) is 0.685. The first-order valence-electron chi connectivity index (χ1n) is 9.29. The van der Waals surface area contributed by atoms with E-state index in [-0.39, 0.29) is 5.63 Å². The minimum absolute atomic E-state index is 0.298. The van der Waals surface area contributed by atoms with E-state index < -0.39 is 0 Å². The standard InChI is InChI=1S/C21H23NO4S/c1-24-16-6-7-19-15(10-21(23)26-20(19)11-16)12-22(13-17-4-2-8-25-17)14-18-5-3-9-27-18/h3,5-7,9-11,17H,2,4,8,12-14H2,1H3/p+1/t17-/m1/s1. The van der Waals surface area contributed by atoms with Gasteiger partial charge in [0, 0.05) is 29.7 Å². The topological polar surface area (TPSA) is 53.1 Å². The molecule has 0 saturated carbocycles. The molecule has 0 bridgehead atoms. The molecule has 1 aliphatic rings. The summed E-state index contributed by atoms with van der Waals surface area (Å²) in [5, 5.41) is 3.07. The van der Waals surface area contributed by atoms with Gasteiger partial charge >= 0.3 is 5.63 Å². The van der Waals surface area contributed by atoms with Crippen LogP contribution in [-0.4, -0.2) is 26.4 Å². The van der Waals surface area contributed by atoms with Crippen molar-refractivity contribution in [3.05, 3.63) is 62.6 Å². The molecule has 142 valence electrons. The predicted octanol–water partition coefficient (Wildman–Crippen LogP) is 2.63.